The van der Waals surface area contributed by atoms with Gasteiger partial charge in [0, 0.05) is 0 Å². The van der Waals surface area contributed by atoms with E-state index >= 15 is 0 Å². The molecule has 3 aromatic rings. The van der Waals surface area contributed by atoms with E-state index in [2.05, 4.69) is 61.5 Å². The molecule has 3 aromatic carbocycles. The van der Waals surface area contributed by atoms with Crippen molar-refractivity contribution in [3.63, 3.8) is 0 Å². The lowest BCUT2D eigenvalue weighted by molar-refractivity contribution is 0.556. The average molecular weight is 347 g/mol. The monoisotopic (exact) mass is 346 g/mol. The molecule has 26 heavy (non-hydrogen) atoms. The number of unbranched alkanes of at least 4 members (excludes halogenated alkanes) is 9. The molecule has 0 atom stereocenters. The summed E-state index contributed by atoms with van der Waals surface area (Å²) in [5.74, 6) is 0. The van der Waals surface area contributed by atoms with Crippen LogP contribution in [0.1, 0.15) is 76.7 Å². The minimum atomic E-state index is 1.21. The summed E-state index contributed by atoms with van der Waals surface area (Å²) in [7, 11) is 0. The molecule has 0 heteroatoms. The molecular formula is C26H34. The van der Waals surface area contributed by atoms with Gasteiger partial charge < -0.3 is 0 Å². The molecule has 0 saturated heterocycles. The fourth-order valence-corrected chi connectivity index (χ4v) is 4.13. The van der Waals surface area contributed by atoms with Crippen LogP contribution in [0.4, 0.5) is 0 Å². The summed E-state index contributed by atoms with van der Waals surface area (Å²) >= 11 is 0. The Hall–Kier alpha value is -1.82. The van der Waals surface area contributed by atoms with Crippen LogP contribution in [0.3, 0.4) is 0 Å². The van der Waals surface area contributed by atoms with E-state index in [1.807, 2.05) is 0 Å². The minimum absolute atomic E-state index is 1.21. The molecule has 0 nitrogen and oxygen atoms in total. The quantitative estimate of drug-likeness (QED) is 0.241. The van der Waals surface area contributed by atoms with Gasteiger partial charge in [-0.1, -0.05) is 119 Å². The first kappa shape index (κ1) is 19.0. The zero-order valence-corrected chi connectivity index (χ0v) is 16.5. The first-order valence-electron chi connectivity index (χ1n) is 10.8. The van der Waals surface area contributed by atoms with Crippen LogP contribution in [0.2, 0.25) is 0 Å². The van der Waals surface area contributed by atoms with Crippen molar-refractivity contribution in [3.05, 3.63) is 60.2 Å². The average Bonchev–Trinajstić information content (AvgIpc) is 2.69. The predicted octanol–water partition coefficient (Wildman–Crippen LogP) is 8.46. The summed E-state index contributed by atoms with van der Waals surface area (Å²) in [6.07, 6.45) is 15.3. The molecule has 0 aromatic heterocycles. The molecule has 0 saturated carbocycles. The van der Waals surface area contributed by atoms with Crippen LogP contribution in [-0.4, -0.2) is 0 Å². The number of aryl methyl sites for hydroxylation is 1. The summed E-state index contributed by atoms with van der Waals surface area (Å²) in [5.41, 5.74) is 1.52. The van der Waals surface area contributed by atoms with Gasteiger partial charge in [0.2, 0.25) is 0 Å². The van der Waals surface area contributed by atoms with Crippen molar-refractivity contribution in [3.8, 4) is 0 Å². The number of hydrogen-bond acceptors (Lipinski definition) is 0. The lowest BCUT2D eigenvalue weighted by Gasteiger charge is -2.09. The van der Waals surface area contributed by atoms with E-state index in [1.54, 1.807) is 0 Å². The molecule has 0 N–H and O–H groups in total. The van der Waals surface area contributed by atoms with E-state index in [4.69, 9.17) is 0 Å². The normalized spacial score (nSPS) is 11.4. The van der Waals surface area contributed by atoms with Gasteiger partial charge in [-0.3, -0.25) is 0 Å². The Kier molecular flexibility index (Phi) is 7.55. The fourth-order valence-electron chi connectivity index (χ4n) is 4.13. The lowest BCUT2D eigenvalue weighted by atomic mass is 9.95. The van der Waals surface area contributed by atoms with Crippen molar-refractivity contribution >= 4 is 21.5 Å². The molecule has 0 amide bonds. The highest BCUT2D eigenvalue weighted by molar-refractivity contribution is 6.08. The maximum Gasteiger partial charge on any atom is -0.0103 e. The summed E-state index contributed by atoms with van der Waals surface area (Å²) in [6.45, 7) is 2.29. The van der Waals surface area contributed by atoms with Gasteiger partial charge in [-0.15, -0.1) is 0 Å². The van der Waals surface area contributed by atoms with E-state index in [1.165, 1.54) is 97.7 Å². The molecule has 0 bridgehead atoms. The summed E-state index contributed by atoms with van der Waals surface area (Å²) in [6, 6.07) is 20.2. The zero-order valence-electron chi connectivity index (χ0n) is 16.5. The van der Waals surface area contributed by atoms with Crippen molar-refractivity contribution in [1.82, 2.24) is 0 Å². The van der Waals surface area contributed by atoms with Crippen molar-refractivity contribution in [2.45, 2.75) is 77.6 Å². The van der Waals surface area contributed by atoms with E-state index in [9.17, 15) is 0 Å². The fraction of sp³-hybridized carbons (Fsp3) is 0.462. The Morgan fingerprint density at radius 2 is 1.15 bits per heavy atom. The molecule has 0 fully saturated rings. The Labute approximate surface area is 159 Å². The highest BCUT2D eigenvalue weighted by atomic mass is 14.1. The maximum atomic E-state index is 2.32. The Morgan fingerprint density at radius 3 is 1.92 bits per heavy atom. The van der Waals surface area contributed by atoms with Gasteiger partial charge in [0.05, 0.1) is 0 Å². The second kappa shape index (κ2) is 10.4. The SMILES string of the molecule is CCCCCCCCCCCCc1cccc2c1ccc1ccccc12. The van der Waals surface area contributed by atoms with Crippen LogP contribution in [0.5, 0.6) is 0 Å². The Morgan fingerprint density at radius 1 is 0.500 bits per heavy atom. The van der Waals surface area contributed by atoms with Crippen LogP contribution >= 0.6 is 0 Å². The standard InChI is InChI=1S/C26H34/c1-2-3-4-5-6-7-8-9-10-11-15-22-17-14-19-26-24-18-13-12-16-23(24)20-21-25(22)26/h12-14,16-21H,2-11,15H2,1H3. The van der Waals surface area contributed by atoms with Crippen molar-refractivity contribution in [2.75, 3.05) is 0 Å². The van der Waals surface area contributed by atoms with Crippen molar-refractivity contribution in [2.24, 2.45) is 0 Å². The molecule has 3 rings (SSSR count). The Balaban J connectivity index is 1.47. The van der Waals surface area contributed by atoms with E-state index in [-0.39, 0.29) is 0 Å². The molecular weight excluding hydrogens is 312 g/mol. The van der Waals surface area contributed by atoms with Gasteiger partial charge >= 0.3 is 0 Å². The number of benzene rings is 3. The molecule has 0 heterocycles. The largest absolute Gasteiger partial charge is 0.0654 e. The van der Waals surface area contributed by atoms with Crippen LogP contribution < -0.4 is 0 Å². The molecule has 0 spiro atoms. The van der Waals surface area contributed by atoms with E-state index in [0.717, 1.165) is 0 Å². The third-order valence-electron chi connectivity index (χ3n) is 5.68. The van der Waals surface area contributed by atoms with Crippen LogP contribution in [-0.2, 0) is 6.42 Å². The summed E-state index contributed by atoms with van der Waals surface area (Å²) in [5, 5.41) is 5.58. The van der Waals surface area contributed by atoms with Crippen molar-refractivity contribution < 1.29 is 0 Å². The predicted molar refractivity (Wildman–Crippen MR) is 117 cm³/mol. The van der Waals surface area contributed by atoms with Crippen LogP contribution in [0.15, 0.2) is 54.6 Å². The lowest BCUT2D eigenvalue weighted by Crippen LogP contribution is -1.89. The second-order valence-electron chi connectivity index (χ2n) is 7.73. The van der Waals surface area contributed by atoms with Gasteiger partial charge in [0.1, 0.15) is 0 Å². The molecule has 0 aliphatic carbocycles. The molecule has 0 radical (unpaired) electrons. The van der Waals surface area contributed by atoms with Gasteiger partial charge in [0.15, 0.2) is 0 Å². The van der Waals surface area contributed by atoms with Gasteiger partial charge in [-0.2, -0.15) is 0 Å². The number of rotatable bonds is 11. The van der Waals surface area contributed by atoms with Gasteiger partial charge in [-0.05, 0) is 39.9 Å². The van der Waals surface area contributed by atoms with E-state index in [0.29, 0.717) is 0 Å². The number of fused-ring (bicyclic) bond motifs is 3. The molecule has 0 aliphatic rings. The van der Waals surface area contributed by atoms with Crippen LogP contribution in [0, 0.1) is 0 Å². The van der Waals surface area contributed by atoms with Gasteiger partial charge in [-0.25, -0.2) is 0 Å². The smallest absolute Gasteiger partial charge is 0.0103 e. The third-order valence-corrected chi connectivity index (χ3v) is 5.68. The third kappa shape index (κ3) is 5.10. The molecule has 0 aliphatic heterocycles. The van der Waals surface area contributed by atoms with Gasteiger partial charge in [0.25, 0.3) is 0 Å². The zero-order chi connectivity index (χ0) is 18.0. The topological polar surface area (TPSA) is 0 Å². The number of hydrogen-bond donors (Lipinski definition) is 0. The molecule has 0 unspecified atom stereocenters. The van der Waals surface area contributed by atoms with Crippen molar-refractivity contribution in [1.29, 1.82) is 0 Å². The first-order valence-corrected chi connectivity index (χ1v) is 10.8. The second-order valence-corrected chi connectivity index (χ2v) is 7.73. The minimum Gasteiger partial charge on any atom is -0.0654 e. The maximum absolute atomic E-state index is 2.32. The first-order chi connectivity index (χ1) is 12.9. The molecule has 138 valence electrons. The summed E-state index contributed by atoms with van der Waals surface area (Å²) in [4.78, 5) is 0. The summed E-state index contributed by atoms with van der Waals surface area (Å²) < 4.78 is 0. The van der Waals surface area contributed by atoms with Crippen LogP contribution in [0.25, 0.3) is 21.5 Å². The highest BCUT2D eigenvalue weighted by Gasteiger charge is 2.04. The van der Waals surface area contributed by atoms with E-state index < -0.39 is 0 Å². The highest BCUT2D eigenvalue weighted by Crippen LogP contribution is 2.28. The Bertz CT molecular complexity index is 799.